The van der Waals surface area contributed by atoms with Crippen molar-refractivity contribution < 1.29 is 28.6 Å². The highest BCUT2D eigenvalue weighted by Crippen LogP contribution is 2.19. The molecule has 3 atom stereocenters. The van der Waals surface area contributed by atoms with E-state index in [1.807, 2.05) is 0 Å². The Morgan fingerprint density at radius 1 is 0.303 bits per heavy atom. The van der Waals surface area contributed by atoms with E-state index in [1.165, 1.54) is 225 Å². The van der Waals surface area contributed by atoms with Crippen molar-refractivity contribution in [2.24, 2.45) is 11.8 Å². The van der Waals surface area contributed by atoms with Crippen LogP contribution in [-0.4, -0.2) is 37.2 Å². The summed E-state index contributed by atoms with van der Waals surface area (Å²) in [6.07, 6.45) is 56.6. The Bertz CT molecular complexity index is 1010. The van der Waals surface area contributed by atoms with Crippen LogP contribution in [0.2, 0.25) is 0 Å². The quantitative estimate of drug-likeness (QED) is 0.0343. The predicted molar refractivity (Wildman–Crippen MR) is 284 cm³/mol. The topological polar surface area (TPSA) is 78.9 Å². The van der Waals surface area contributed by atoms with Crippen molar-refractivity contribution in [3.05, 3.63) is 0 Å². The van der Waals surface area contributed by atoms with E-state index in [4.69, 9.17) is 14.2 Å². The third-order valence-electron chi connectivity index (χ3n) is 14.4. The van der Waals surface area contributed by atoms with Gasteiger partial charge in [0.2, 0.25) is 0 Å². The number of carbonyl (C=O) groups excluding carboxylic acids is 3. The minimum atomic E-state index is -0.763. The standard InChI is InChI=1S/C60H116O6/c1-6-9-10-11-12-13-14-15-16-17-18-19-24-27-30-37-42-47-52-60(63)66-57(54-65-59(62)51-46-41-36-32-31-34-39-44-49-56(5)8-3)53-64-58(61)50-45-40-35-29-26-23-21-20-22-25-28-33-38-43-48-55(4)7-2/h55-57H,6-54H2,1-5H3/t55?,56?,57-/m1/s1. The number of esters is 3. The highest BCUT2D eigenvalue weighted by molar-refractivity contribution is 5.71. The lowest BCUT2D eigenvalue weighted by molar-refractivity contribution is -0.167. The zero-order valence-corrected chi connectivity index (χ0v) is 45.3. The van der Waals surface area contributed by atoms with Crippen LogP contribution in [-0.2, 0) is 28.6 Å². The molecule has 0 fully saturated rings. The lowest BCUT2D eigenvalue weighted by Crippen LogP contribution is -2.30. The van der Waals surface area contributed by atoms with Gasteiger partial charge < -0.3 is 14.2 Å². The van der Waals surface area contributed by atoms with E-state index in [9.17, 15) is 14.4 Å². The van der Waals surface area contributed by atoms with Gasteiger partial charge in [-0.25, -0.2) is 0 Å². The van der Waals surface area contributed by atoms with Gasteiger partial charge in [0, 0.05) is 19.3 Å². The van der Waals surface area contributed by atoms with Crippen LogP contribution in [0.1, 0.15) is 336 Å². The second kappa shape index (κ2) is 52.8. The molecule has 0 saturated heterocycles. The summed E-state index contributed by atoms with van der Waals surface area (Å²) in [5.41, 5.74) is 0. The fraction of sp³-hybridized carbons (Fsp3) is 0.950. The summed E-state index contributed by atoms with van der Waals surface area (Å²) in [6, 6.07) is 0. The van der Waals surface area contributed by atoms with Crippen LogP contribution in [0.3, 0.4) is 0 Å². The van der Waals surface area contributed by atoms with Gasteiger partial charge in [0.25, 0.3) is 0 Å². The average Bonchev–Trinajstić information content (AvgIpc) is 3.32. The van der Waals surface area contributed by atoms with Gasteiger partial charge in [0.15, 0.2) is 6.10 Å². The summed E-state index contributed by atoms with van der Waals surface area (Å²) in [5.74, 6) is 0.904. The molecule has 0 heterocycles. The summed E-state index contributed by atoms with van der Waals surface area (Å²) >= 11 is 0. The predicted octanol–water partition coefficient (Wildman–Crippen LogP) is 19.7. The molecule has 392 valence electrons. The minimum absolute atomic E-state index is 0.0629. The van der Waals surface area contributed by atoms with Crippen LogP contribution in [0, 0.1) is 11.8 Å². The van der Waals surface area contributed by atoms with Crippen molar-refractivity contribution in [2.45, 2.75) is 343 Å². The van der Waals surface area contributed by atoms with Crippen LogP contribution in [0.25, 0.3) is 0 Å². The maximum absolute atomic E-state index is 12.9. The number of rotatable bonds is 54. The lowest BCUT2D eigenvalue weighted by atomic mass is 9.99. The van der Waals surface area contributed by atoms with E-state index in [1.54, 1.807) is 0 Å². The van der Waals surface area contributed by atoms with Crippen molar-refractivity contribution in [3.8, 4) is 0 Å². The van der Waals surface area contributed by atoms with E-state index in [0.29, 0.717) is 19.3 Å². The van der Waals surface area contributed by atoms with Crippen molar-refractivity contribution in [1.29, 1.82) is 0 Å². The van der Waals surface area contributed by atoms with Crippen molar-refractivity contribution in [3.63, 3.8) is 0 Å². The van der Waals surface area contributed by atoms with Gasteiger partial charge in [-0.15, -0.1) is 0 Å². The molecule has 66 heavy (non-hydrogen) atoms. The van der Waals surface area contributed by atoms with Crippen LogP contribution in [0.5, 0.6) is 0 Å². The Balaban J connectivity index is 4.28. The average molecular weight is 934 g/mol. The molecule has 0 spiro atoms. The van der Waals surface area contributed by atoms with E-state index >= 15 is 0 Å². The Hall–Kier alpha value is -1.59. The third-order valence-corrected chi connectivity index (χ3v) is 14.4. The van der Waals surface area contributed by atoms with E-state index < -0.39 is 6.10 Å². The molecule has 0 aromatic rings. The number of hydrogen-bond acceptors (Lipinski definition) is 6. The molecular formula is C60H116O6. The van der Waals surface area contributed by atoms with Crippen LogP contribution in [0.4, 0.5) is 0 Å². The number of hydrogen-bond donors (Lipinski definition) is 0. The summed E-state index contributed by atoms with van der Waals surface area (Å²) < 4.78 is 16.9. The first kappa shape index (κ1) is 64.4. The molecule has 0 rings (SSSR count). The van der Waals surface area contributed by atoms with Crippen LogP contribution >= 0.6 is 0 Å². The normalized spacial score (nSPS) is 12.9. The molecule has 0 radical (unpaired) electrons. The summed E-state index contributed by atoms with van der Waals surface area (Å²) in [4.78, 5) is 38.2. The third kappa shape index (κ3) is 50.3. The maximum Gasteiger partial charge on any atom is 0.306 e. The monoisotopic (exact) mass is 933 g/mol. The second-order valence-corrected chi connectivity index (χ2v) is 21.1. The fourth-order valence-corrected chi connectivity index (χ4v) is 9.16. The first-order valence-electron chi connectivity index (χ1n) is 29.8. The van der Waals surface area contributed by atoms with E-state index in [-0.39, 0.29) is 31.1 Å². The molecule has 0 aliphatic carbocycles. The Morgan fingerprint density at radius 3 is 0.788 bits per heavy atom. The zero-order chi connectivity index (χ0) is 48.2. The Labute approximate surface area is 412 Å². The number of carbonyl (C=O) groups is 3. The summed E-state index contributed by atoms with van der Waals surface area (Å²) in [7, 11) is 0. The number of ether oxygens (including phenoxy) is 3. The zero-order valence-electron chi connectivity index (χ0n) is 45.3. The highest BCUT2D eigenvalue weighted by Gasteiger charge is 2.19. The largest absolute Gasteiger partial charge is 0.462 e. The second-order valence-electron chi connectivity index (χ2n) is 21.1. The van der Waals surface area contributed by atoms with E-state index in [2.05, 4.69) is 34.6 Å². The van der Waals surface area contributed by atoms with Crippen molar-refractivity contribution in [1.82, 2.24) is 0 Å². The molecule has 0 N–H and O–H groups in total. The molecule has 6 nitrogen and oxygen atoms in total. The summed E-state index contributed by atoms with van der Waals surface area (Å²) in [5, 5.41) is 0. The number of unbranched alkanes of at least 4 members (excludes halogenated alkanes) is 37. The molecule has 0 aromatic heterocycles. The minimum Gasteiger partial charge on any atom is -0.462 e. The molecular weight excluding hydrogens is 817 g/mol. The SMILES string of the molecule is CCCCCCCCCCCCCCCCCCCCC(=O)O[C@H](COC(=O)CCCCCCCCCCCCCCCCC(C)CC)COC(=O)CCCCCCCCCCC(C)CC. The fourth-order valence-electron chi connectivity index (χ4n) is 9.16. The smallest absolute Gasteiger partial charge is 0.306 e. The molecule has 0 aromatic carbocycles. The lowest BCUT2D eigenvalue weighted by Gasteiger charge is -2.18. The maximum atomic E-state index is 12.9. The van der Waals surface area contributed by atoms with Gasteiger partial charge in [0.1, 0.15) is 13.2 Å². The van der Waals surface area contributed by atoms with Gasteiger partial charge >= 0.3 is 17.9 Å². The molecule has 0 bridgehead atoms. The van der Waals surface area contributed by atoms with Gasteiger partial charge in [-0.2, -0.15) is 0 Å². The first-order valence-corrected chi connectivity index (χ1v) is 29.8. The first-order chi connectivity index (χ1) is 32.3. The Kier molecular flexibility index (Phi) is 51.5. The highest BCUT2D eigenvalue weighted by atomic mass is 16.6. The Morgan fingerprint density at radius 2 is 0.530 bits per heavy atom. The van der Waals surface area contributed by atoms with Crippen LogP contribution in [0.15, 0.2) is 0 Å². The molecule has 6 heteroatoms. The molecule has 0 saturated carbocycles. The molecule has 0 amide bonds. The summed E-state index contributed by atoms with van der Waals surface area (Å²) in [6.45, 7) is 11.5. The molecule has 0 aliphatic heterocycles. The van der Waals surface area contributed by atoms with Gasteiger partial charge in [-0.1, -0.05) is 298 Å². The van der Waals surface area contributed by atoms with Crippen LogP contribution < -0.4 is 0 Å². The van der Waals surface area contributed by atoms with Gasteiger partial charge in [0.05, 0.1) is 0 Å². The van der Waals surface area contributed by atoms with E-state index in [0.717, 1.165) is 69.6 Å². The van der Waals surface area contributed by atoms with Crippen molar-refractivity contribution >= 4 is 17.9 Å². The van der Waals surface area contributed by atoms with Gasteiger partial charge in [-0.3, -0.25) is 14.4 Å². The van der Waals surface area contributed by atoms with Crippen molar-refractivity contribution in [2.75, 3.05) is 13.2 Å². The molecule has 0 aliphatic rings. The molecule has 2 unspecified atom stereocenters. The van der Waals surface area contributed by atoms with Gasteiger partial charge in [-0.05, 0) is 31.1 Å².